The Hall–Kier alpha value is -12.4. The summed E-state index contributed by atoms with van der Waals surface area (Å²) in [7, 11) is -3.25. The molecule has 26 nitrogen and oxygen atoms in total. The van der Waals surface area contributed by atoms with Crippen LogP contribution in [0.3, 0.4) is 0 Å². The zero-order chi connectivity index (χ0) is 83.9. The fraction of sp³-hybridized carbons (Fsp3) is 0.289. The van der Waals surface area contributed by atoms with E-state index in [9.17, 15) is 56.9 Å². The van der Waals surface area contributed by atoms with Gasteiger partial charge in [0.05, 0.1) is 36.0 Å². The molecule has 0 bridgehead atoms. The standard InChI is InChI=1S/C26H29N3O3.C22H22N2O5S.C21H18Cl2N2O3.C21H19N3O5/c1-18-7-12-23(25(30)27-18)29-16-22-21(26(29)31)5-4-6-24(22)32-17-20-10-8-19(9-11-20)15-28-13-2-3-14-28;1-14-6-11-19(21(25)23-14)24-12-18-17(22(24)26)4-3-5-20(18)29-13-15-7-9-16(10-8-15)30(2,27)28;1-12-5-6-18(20(26)24-12)25-10-17-16(21(25)27)3-2-4-19(17)28-11-13-7-14(22)9-15(23)8-13;1-13-8-9-18(20(25)22-13)23-11-17-16(21(23)26)6-3-7-19(17)29-12-14-4-2-5-15(10-14)24(27)28/h4-6,8-11,23H,1-3,7,12-17H2,(H,27,30);3-5,7-10,19H,1,6,11-13H2,2H3,(H,23,25);2-4,7-9,18H,1,5-6,10-11H2,(H,24,26);2-7,10,18H,1,8-9,11-12H2,(H,22,25). The molecule has 9 heterocycles. The summed E-state index contributed by atoms with van der Waals surface area (Å²) < 4.78 is 47.1. The minimum Gasteiger partial charge on any atom is -0.489 e. The van der Waals surface area contributed by atoms with Crippen LogP contribution in [-0.4, -0.2) is 129 Å². The Morgan fingerprint density at radius 3 is 1.05 bits per heavy atom. The molecule has 4 unspecified atom stereocenters. The molecule has 9 aliphatic heterocycles. The van der Waals surface area contributed by atoms with Crippen LogP contribution in [0.2, 0.25) is 10.0 Å². The summed E-state index contributed by atoms with van der Waals surface area (Å²) in [6, 6.07) is 46.0. The molecule has 614 valence electrons. The van der Waals surface area contributed by atoms with Gasteiger partial charge in [-0.05, 0) is 184 Å². The summed E-state index contributed by atoms with van der Waals surface area (Å²) in [5, 5.41) is 23.0. The first-order valence-corrected chi connectivity index (χ1v) is 41.8. The molecule has 29 heteroatoms. The molecule has 0 aliphatic carbocycles. The SMILES string of the molecule is C=C1CCC(N2Cc3c(OCc4cc(Cl)cc(Cl)c4)cccc3C2=O)C(=O)N1.C=C1CCC(N2Cc3c(OCc4ccc(CN5CCCC5)cc4)cccc3C2=O)C(=O)N1.C=C1CCC(N2Cc3c(OCc4ccc(S(C)(=O)=O)cc4)cccc3C2=O)C(=O)N1.C=C1CCC(N2Cc3c(OCc4cccc([N+](=O)[O-])c4)cccc3C2=O)C(=O)N1. The number of amides is 8. The van der Waals surface area contributed by atoms with Crippen molar-refractivity contribution in [1.29, 1.82) is 0 Å². The Bertz CT molecular complexity index is 5540. The van der Waals surface area contributed by atoms with Gasteiger partial charge in [0.1, 0.15) is 73.6 Å². The molecule has 4 atom stereocenters. The van der Waals surface area contributed by atoms with Crippen molar-refractivity contribution in [3.8, 4) is 23.0 Å². The van der Waals surface area contributed by atoms with Crippen LogP contribution in [0.1, 0.15) is 156 Å². The number of fused-ring (bicyclic) bond motifs is 4. The van der Waals surface area contributed by atoms with E-state index in [1.807, 2.05) is 24.3 Å². The number of hydrogen-bond acceptors (Lipinski definition) is 17. The van der Waals surface area contributed by atoms with Crippen LogP contribution in [0.4, 0.5) is 5.69 Å². The van der Waals surface area contributed by atoms with Crippen molar-refractivity contribution in [1.82, 2.24) is 45.8 Å². The molecule has 0 saturated carbocycles. The number of ether oxygens (including phenoxy) is 4. The van der Waals surface area contributed by atoms with E-state index >= 15 is 0 Å². The van der Waals surface area contributed by atoms with Gasteiger partial charge in [-0.1, -0.05) is 122 Å². The molecule has 5 saturated heterocycles. The summed E-state index contributed by atoms with van der Waals surface area (Å²) >= 11 is 12.1. The van der Waals surface area contributed by atoms with E-state index in [1.54, 1.807) is 123 Å². The van der Waals surface area contributed by atoms with Gasteiger partial charge < -0.3 is 59.8 Å². The number of nitro groups is 1. The molecule has 5 fully saturated rings. The molecular weight excluding hydrogens is 1580 g/mol. The van der Waals surface area contributed by atoms with E-state index in [0.717, 1.165) is 51.7 Å². The molecule has 9 aliphatic rings. The molecule has 8 aromatic rings. The van der Waals surface area contributed by atoms with E-state index in [1.165, 1.54) is 43.6 Å². The first-order chi connectivity index (χ1) is 57.2. The van der Waals surface area contributed by atoms with E-state index in [0.29, 0.717) is 161 Å². The smallest absolute Gasteiger partial charge is 0.269 e. The quantitative estimate of drug-likeness (QED) is 0.0407. The van der Waals surface area contributed by atoms with E-state index in [4.69, 9.17) is 42.1 Å². The lowest BCUT2D eigenvalue weighted by Crippen LogP contribution is -2.49. The maximum Gasteiger partial charge on any atom is 0.269 e. The summed E-state index contributed by atoms with van der Waals surface area (Å²) in [4.78, 5) is 121. The lowest BCUT2D eigenvalue weighted by molar-refractivity contribution is -0.384. The average Bonchev–Trinajstić information content (AvgIpc) is 1.64. The molecule has 8 amide bonds. The number of likely N-dealkylation sites (tertiary alicyclic amines) is 1. The van der Waals surface area contributed by atoms with Crippen LogP contribution < -0.4 is 40.2 Å². The number of halogens is 2. The minimum absolute atomic E-state index is 0.00403. The van der Waals surface area contributed by atoms with E-state index in [2.05, 4.69) is 76.7 Å². The number of nitrogens with one attached hydrogen (secondary N) is 4. The van der Waals surface area contributed by atoms with Gasteiger partial charge in [0.15, 0.2) is 9.84 Å². The largest absolute Gasteiger partial charge is 0.489 e. The van der Waals surface area contributed by atoms with Gasteiger partial charge >= 0.3 is 0 Å². The molecule has 0 spiro atoms. The summed E-state index contributed by atoms with van der Waals surface area (Å²) in [5.74, 6) is 1.03. The Morgan fingerprint density at radius 1 is 0.412 bits per heavy atom. The van der Waals surface area contributed by atoms with Gasteiger partial charge in [-0.25, -0.2) is 8.42 Å². The molecule has 8 aromatic carbocycles. The van der Waals surface area contributed by atoms with Crippen LogP contribution in [0.25, 0.3) is 0 Å². The third kappa shape index (κ3) is 19.2. The number of carbonyl (C=O) groups excluding carboxylic acids is 8. The number of allylic oxidation sites excluding steroid dienone is 4. The number of benzene rings is 8. The van der Waals surface area contributed by atoms with Crippen LogP contribution in [0.5, 0.6) is 23.0 Å². The molecule has 119 heavy (non-hydrogen) atoms. The second-order valence-electron chi connectivity index (χ2n) is 30.5. The number of carbonyl (C=O) groups is 8. The van der Waals surface area contributed by atoms with Crippen molar-refractivity contribution in [2.45, 2.75) is 152 Å². The Kier molecular flexibility index (Phi) is 25.3. The van der Waals surface area contributed by atoms with E-state index in [-0.39, 0.29) is 84.2 Å². The van der Waals surface area contributed by atoms with Crippen molar-refractivity contribution in [2.75, 3.05) is 19.3 Å². The predicted molar refractivity (Wildman–Crippen MR) is 444 cm³/mol. The monoisotopic (exact) mass is 1670 g/mol. The zero-order valence-corrected chi connectivity index (χ0v) is 67.8. The maximum atomic E-state index is 13.0. The fourth-order valence-electron chi connectivity index (χ4n) is 16.0. The van der Waals surface area contributed by atoms with Crippen molar-refractivity contribution in [2.24, 2.45) is 0 Å². The third-order valence-electron chi connectivity index (χ3n) is 22.2. The molecule has 17 rings (SSSR count). The van der Waals surface area contributed by atoms with Crippen molar-refractivity contribution >= 4 is 86.0 Å². The van der Waals surface area contributed by atoms with Gasteiger partial charge in [-0.2, -0.15) is 0 Å². The third-order valence-corrected chi connectivity index (χ3v) is 23.8. The molecule has 0 radical (unpaired) electrons. The van der Waals surface area contributed by atoms with Crippen molar-refractivity contribution in [3.05, 3.63) is 305 Å². The number of rotatable bonds is 20. The van der Waals surface area contributed by atoms with E-state index < -0.39 is 38.9 Å². The number of piperidine rings is 4. The van der Waals surface area contributed by atoms with Crippen molar-refractivity contribution < 1.29 is 70.6 Å². The zero-order valence-electron chi connectivity index (χ0n) is 65.5. The second kappa shape index (κ2) is 36.2. The molecule has 4 N–H and O–H groups in total. The molecular formula is C90H88Cl2N10O16S. The second-order valence-corrected chi connectivity index (χ2v) is 33.4. The normalized spacial score (nSPS) is 19.4. The maximum absolute atomic E-state index is 13.0. The number of non-ortho nitro benzene ring substituents is 1. The highest BCUT2D eigenvalue weighted by Gasteiger charge is 2.44. The number of hydrogen-bond donors (Lipinski definition) is 4. The number of nitro benzene ring substituents is 1. The minimum atomic E-state index is -3.25. The lowest BCUT2D eigenvalue weighted by atomic mass is 10.0. The average molecular weight is 1670 g/mol. The first kappa shape index (κ1) is 83.1. The van der Waals surface area contributed by atoms with Gasteiger partial charge in [-0.3, -0.25) is 53.4 Å². The fourth-order valence-corrected chi connectivity index (χ4v) is 17.2. The predicted octanol–water partition coefficient (Wildman–Crippen LogP) is 13.3. The lowest BCUT2D eigenvalue weighted by Gasteiger charge is -2.31. The highest BCUT2D eigenvalue weighted by Crippen LogP contribution is 2.40. The van der Waals surface area contributed by atoms with Crippen LogP contribution in [0.15, 0.2) is 218 Å². The van der Waals surface area contributed by atoms with Gasteiger partial charge in [0, 0.05) is 102 Å². The van der Waals surface area contributed by atoms with Gasteiger partial charge in [0.2, 0.25) is 23.6 Å². The number of sulfone groups is 1. The van der Waals surface area contributed by atoms with Crippen LogP contribution in [0, 0.1) is 10.1 Å². The van der Waals surface area contributed by atoms with Gasteiger partial charge in [0.25, 0.3) is 29.3 Å². The van der Waals surface area contributed by atoms with Crippen molar-refractivity contribution in [3.63, 3.8) is 0 Å². The van der Waals surface area contributed by atoms with Gasteiger partial charge in [-0.15, -0.1) is 0 Å². The summed E-state index contributed by atoms with van der Waals surface area (Å²) in [6.07, 6.45) is 8.64. The topological polar surface area (TPSA) is 315 Å². The van der Waals surface area contributed by atoms with Crippen LogP contribution >= 0.6 is 23.2 Å². The number of nitrogens with zero attached hydrogens (tertiary/aromatic N) is 6. The molecule has 0 aromatic heterocycles. The summed E-state index contributed by atoms with van der Waals surface area (Å²) in [5.41, 5.74) is 12.8. The Balaban J connectivity index is 0.000000130. The summed E-state index contributed by atoms with van der Waals surface area (Å²) in [6.45, 7) is 21.0. The Labute approximate surface area is 698 Å². The first-order valence-electron chi connectivity index (χ1n) is 39.1. The highest BCUT2D eigenvalue weighted by atomic mass is 35.5. The Morgan fingerprint density at radius 2 is 0.723 bits per heavy atom. The highest BCUT2D eigenvalue weighted by molar-refractivity contribution is 7.90. The van der Waals surface area contributed by atoms with Crippen LogP contribution in [-0.2, 0) is 88.2 Å².